The second-order valence-corrected chi connectivity index (χ2v) is 7.57. The van der Waals surface area contributed by atoms with Gasteiger partial charge >= 0.3 is 0 Å². The Labute approximate surface area is 155 Å². The van der Waals surface area contributed by atoms with E-state index in [1.807, 2.05) is 32.1 Å². The molecule has 0 aliphatic heterocycles. The molecule has 1 aliphatic rings. The predicted octanol–water partition coefficient (Wildman–Crippen LogP) is 3.87. The fraction of sp³-hybridized carbons (Fsp3) is 0.292. The molecule has 0 bridgehead atoms. The van der Waals surface area contributed by atoms with Crippen LogP contribution in [0.4, 0.5) is 0 Å². The lowest BCUT2D eigenvalue weighted by molar-refractivity contribution is 0.633. The quantitative estimate of drug-likeness (QED) is 0.810. The summed E-state index contributed by atoms with van der Waals surface area (Å²) in [6.07, 6.45) is 12.4. The third kappa shape index (κ3) is 3.37. The van der Waals surface area contributed by atoms with Gasteiger partial charge in [0, 0.05) is 28.1 Å². The van der Waals surface area contributed by atoms with Crippen LogP contribution in [0.5, 0.6) is 0 Å². The first kappa shape index (κ1) is 18.2. The Morgan fingerprint density at radius 1 is 1.08 bits per heavy atom. The second kappa shape index (κ2) is 6.95. The largest absolute Gasteiger partial charge is 0.336 e. The van der Waals surface area contributed by atoms with Crippen molar-refractivity contribution in [3.8, 4) is 0 Å². The van der Waals surface area contributed by atoms with Crippen molar-refractivity contribution in [2.75, 3.05) is 0 Å². The molecule has 0 radical (unpaired) electrons. The first-order chi connectivity index (χ1) is 12.4. The number of hydrogen-bond acceptors (Lipinski definition) is 1. The minimum absolute atomic E-state index is 0.0706. The monoisotopic (exact) mass is 345 g/mol. The van der Waals surface area contributed by atoms with Gasteiger partial charge in [0.1, 0.15) is 0 Å². The van der Waals surface area contributed by atoms with Crippen molar-refractivity contribution in [3.05, 3.63) is 79.6 Å². The van der Waals surface area contributed by atoms with Crippen LogP contribution in [-0.2, 0) is 6.54 Å². The summed E-state index contributed by atoms with van der Waals surface area (Å²) in [4.78, 5) is 13.1. The van der Waals surface area contributed by atoms with E-state index in [1.54, 1.807) is 0 Å². The van der Waals surface area contributed by atoms with Gasteiger partial charge in [-0.05, 0) is 32.4 Å². The average Bonchev–Trinajstić information content (AvgIpc) is 2.76. The van der Waals surface area contributed by atoms with Crippen LogP contribution < -0.4 is 16.0 Å². The van der Waals surface area contributed by atoms with Crippen LogP contribution in [0.1, 0.15) is 50.1 Å². The smallest absolute Gasteiger partial charge is 0.196 e. The number of nitrogens with zero attached hydrogens (tertiary/aromatic N) is 1. The standard InChI is InChI=1S/C24H27NO/c1-6-19-21(7-2)25(16-18-10-8-9-17(3)15-18)22-12-14-24(4,5)13-11-20(22)23(19)26/h6-15H,16H2,1-5H3/b19-6+,21-7+. The third-order valence-electron chi connectivity index (χ3n) is 4.96. The van der Waals surface area contributed by atoms with E-state index in [4.69, 9.17) is 0 Å². The van der Waals surface area contributed by atoms with Gasteiger partial charge in [0.05, 0.1) is 5.69 Å². The Kier molecular flexibility index (Phi) is 4.86. The lowest BCUT2D eigenvalue weighted by atomic mass is 9.93. The van der Waals surface area contributed by atoms with E-state index >= 15 is 0 Å². The zero-order valence-electron chi connectivity index (χ0n) is 16.3. The van der Waals surface area contributed by atoms with E-state index in [1.165, 1.54) is 11.1 Å². The van der Waals surface area contributed by atoms with Crippen molar-refractivity contribution in [2.24, 2.45) is 5.41 Å². The Morgan fingerprint density at radius 3 is 2.46 bits per heavy atom. The molecule has 0 fully saturated rings. The molecule has 1 aromatic heterocycles. The van der Waals surface area contributed by atoms with E-state index in [9.17, 15) is 4.79 Å². The van der Waals surface area contributed by atoms with E-state index in [0.717, 1.165) is 28.4 Å². The highest BCUT2D eigenvalue weighted by molar-refractivity contribution is 5.67. The van der Waals surface area contributed by atoms with Crippen molar-refractivity contribution < 1.29 is 0 Å². The van der Waals surface area contributed by atoms with Gasteiger partial charge in [-0.1, -0.05) is 74.1 Å². The van der Waals surface area contributed by atoms with E-state index in [-0.39, 0.29) is 10.8 Å². The van der Waals surface area contributed by atoms with Crippen molar-refractivity contribution in [3.63, 3.8) is 0 Å². The first-order valence-corrected chi connectivity index (χ1v) is 9.20. The SMILES string of the molecule is C/C=c1/c(=O)c2c(n(Cc3cccc(C)c3)/c1=C/C)C=CC(C)(C)C=C2. The molecule has 0 saturated carbocycles. The topological polar surface area (TPSA) is 22.0 Å². The van der Waals surface area contributed by atoms with E-state index < -0.39 is 0 Å². The van der Waals surface area contributed by atoms with Gasteiger partial charge in [-0.2, -0.15) is 0 Å². The van der Waals surface area contributed by atoms with Crippen LogP contribution in [0.2, 0.25) is 0 Å². The molecule has 3 rings (SSSR count). The van der Waals surface area contributed by atoms with Crippen molar-refractivity contribution in [2.45, 2.75) is 41.2 Å². The number of benzene rings is 1. The summed E-state index contributed by atoms with van der Waals surface area (Å²) in [5.74, 6) is 0. The molecule has 26 heavy (non-hydrogen) atoms. The van der Waals surface area contributed by atoms with Crippen molar-refractivity contribution in [1.29, 1.82) is 0 Å². The molecular formula is C24H27NO. The number of fused-ring (bicyclic) bond motifs is 1. The zero-order valence-corrected chi connectivity index (χ0v) is 16.3. The number of rotatable bonds is 2. The van der Waals surface area contributed by atoms with Crippen LogP contribution in [0.15, 0.2) is 41.2 Å². The van der Waals surface area contributed by atoms with Crippen LogP contribution in [0.25, 0.3) is 24.3 Å². The van der Waals surface area contributed by atoms with Gasteiger partial charge in [-0.15, -0.1) is 0 Å². The van der Waals surface area contributed by atoms with Gasteiger partial charge in [-0.3, -0.25) is 4.79 Å². The summed E-state index contributed by atoms with van der Waals surface area (Å²) in [5.41, 5.74) is 4.28. The zero-order chi connectivity index (χ0) is 18.9. The molecule has 1 aliphatic carbocycles. The number of allylic oxidation sites excluding steroid dienone is 2. The normalized spacial score (nSPS) is 16.7. The number of aryl methyl sites for hydroxylation is 1. The van der Waals surface area contributed by atoms with Crippen molar-refractivity contribution >= 4 is 24.3 Å². The third-order valence-corrected chi connectivity index (χ3v) is 4.96. The molecule has 0 N–H and O–H groups in total. The summed E-state index contributed by atoms with van der Waals surface area (Å²) in [7, 11) is 0. The molecule has 0 unspecified atom stereocenters. The first-order valence-electron chi connectivity index (χ1n) is 9.20. The maximum Gasteiger partial charge on any atom is 0.196 e. The molecule has 1 heterocycles. The molecule has 0 saturated heterocycles. The second-order valence-electron chi connectivity index (χ2n) is 7.57. The number of pyridine rings is 1. The molecule has 1 aromatic carbocycles. The Hall–Kier alpha value is -2.61. The van der Waals surface area contributed by atoms with Gasteiger partial charge in [0.15, 0.2) is 5.43 Å². The van der Waals surface area contributed by atoms with Crippen LogP contribution in [0.3, 0.4) is 0 Å². The average molecular weight is 345 g/mol. The minimum Gasteiger partial charge on any atom is -0.336 e. The highest BCUT2D eigenvalue weighted by Crippen LogP contribution is 2.26. The molecule has 0 atom stereocenters. The lowest BCUT2D eigenvalue weighted by Gasteiger charge is -2.16. The minimum atomic E-state index is -0.0706. The summed E-state index contributed by atoms with van der Waals surface area (Å²) < 4.78 is 2.27. The summed E-state index contributed by atoms with van der Waals surface area (Å²) in [6, 6.07) is 8.55. The predicted molar refractivity (Wildman–Crippen MR) is 112 cm³/mol. The Bertz CT molecular complexity index is 1080. The maximum atomic E-state index is 13.1. The lowest BCUT2D eigenvalue weighted by Crippen LogP contribution is -2.47. The summed E-state index contributed by atoms with van der Waals surface area (Å²) in [5, 5.41) is 1.76. The molecular weight excluding hydrogens is 318 g/mol. The Balaban J connectivity index is 2.37. The van der Waals surface area contributed by atoms with E-state index in [0.29, 0.717) is 0 Å². The van der Waals surface area contributed by atoms with Gasteiger partial charge < -0.3 is 4.57 Å². The van der Waals surface area contributed by atoms with Crippen LogP contribution in [-0.4, -0.2) is 4.57 Å². The van der Waals surface area contributed by atoms with Crippen LogP contribution in [0, 0.1) is 12.3 Å². The fourth-order valence-electron chi connectivity index (χ4n) is 3.54. The van der Waals surface area contributed by atoms with Crippen LogP contribution >= 0.6 is 0 Å². The number of aromatic nitrogens is 1. The highest BCUT2D eigenvalue weighted by atomic mass is 16.1. The van der Waals surface area contributed by atoms with Crippen molar-refractivity contribution in [1.82, 2.24) is 4.57 Å². The Morgan fingerprint density at radius 2 is 1.81 bits per heavy atom. The molecule has 134 valence electrons. The molecule has 0 amide bonds. The van der Waals surface area contributed by atoms with Gasteiger partial charge in [-0.25, -0.2) is 0 Å². The van der Waals surface area contributed by atoms with Gasteiger partial charge in [0.25, 0.3) is 0 Å². The number of hydrogen-bond donors (Lipinski definition) is 0. The molecule has 2 nitrogen and oxygen atoms in total. The van der Waals surface area contributed by atoms with E-state index in [2.05, 4.69) is 67.8 Å². The molecule has 2 aromatic rings. The van der Waals surface area contributed by atoms with Gasteiger partial charge in [0.2, 0.25) is 0 Å². The maximum absolute atomic E-state index is 13.1. The molecule has 2 heteroatoms. The molecule has 0 spiro atoms. The highest BCUT2D eigenvalue weighted by Gasteiger charge is 2.18. The fourth-order valence-corrected chi connectivity index (χ4v) is 3.54. The summed E-state index contributed by atoms with van der Waals surface area (Å²) in [6.45, 7) is 11.1. The summed E-state index contributed by atoms with van der Waals surface area (Å²) >= 11 is 0.